The average Bonchev–Trinajstić information content (AvgIpc) is 2.66. The number of hydrogen-bond acceptors (Lipinski definition) is 4. The van der Waals surface area contributed by atoms with E-state index in [0.29, 0.717) is 11.6 Å². The number of anilines is 1. The van der Waals surface area contributed by atoms with Crippen molar-refractivity contribution in [1.82, 2.24) is 5.32 Å². The largest absolute Gasteiger partial charge is 0.451 e. The number of ether oxygens (including phenoxy) is 1. The molecule has 2 N–H and O–H groups in total. The predicted octanol–water partition coefficient (Wildman–Crippen LogP) is 3.47. The maximum Gasteiger partial charge on any atom is 0.355 e. The van der Waals surface area contributed by atoms with E-state index in [9.17, 15) is 14.4 Å². The van der Waals surface area contributed by atoms with Crippen LogP contribution in [0.1, 0.15) is 37.8 Å². The number of carbonyl (C=O) groups excluding carboxylic acids is 3. The zero-order valence-electron chi connectivity index (χ0n) is 16.2. The van der Waals surface area contributed by atoms with Gasteiger partial charge >= 0.3 is 5.97 Å². The van der Waals surface area contributed by atoms with Crippen molar-refractivity contribution in [2.45, 2.75) is 26.7 Å². The second-order valence-electron chi connectivity index (χ2n) is 6.55. The van der Waals surface area contributed by atoms with E-state index in [1.54, 1.807) is 36.4 Å². The van der Waals surface area contributed by atoms with Crippen LogP contribution in [0.15, 0.2) is 60.3 Å². The van der Waals surface area contributed by atoms with Gasteiger partial charge in [-0.1, -0.05) is 56.3 Å². The summed E-state index contributed by atoms with van der Waals surface area (Å²) in [5.41, 5.74) is 2.47. The Morgan fingerprint density at radius 3 is 2.21 bits per heavy atom. The Morgan fingerprint density at radius 2 is 1.64 bits per heavy atom. The number of carbonyl (C=O) groups is 3. The summed E-state index contributed by atoms with van der Waals surface area (Å²) in [5, 5.41) is 5.10. The van der Waals surface area contributed by atoms with Crippen molar-refractivity contribution in [3.63, 3.8) is 0 Å². The molecule has 0 aromatic heterocycles. The molecule has 2 aromatic carbocycles. The molecule has 28 heavy (non-hydrogen) atoms. The molecular formula is C22H24N2O4. The summed E-state index contributed by atoms with van der Waals surface area (Å²) in [6.07, 6.45) is 1.49. The van der Waals surface area contributed by atoms with Gasteiger partial charge < -0.3 is 15.4 Å². The van der Waals surface area contributed by atoms with Crippen LogP contribution < -0.4 is 10.6 Å². The van der Waals surface area contributed by atoms with Crippen LogP contribution in [0.4, 0.5) is 5.69 Å². The van der Waals surface area contributed by atoms with Crippen LogP contribution in [0.5, 0.6) is 0 Å². The molecule has 0 unspecified atom stereocenters. The van der Waals surface area contributed by atoms with E-state index >= 15 is 0 Å². The van der Waals surface area contributed by atoms with E-state index in [1.807, 2.05) is 18.2 Å². The summed E-state index contributed by atoms with van der Waals surface area (Å²) in [6, 6.07) is 16.5. The number of hydrogen-bond donors (Lipinski definition) is 2. The van der Waals surface area contributed by atoms with Gasteiger partial charge in [0.25, 0.3) is 5.91 Å². The van der Waals surface area contributed by atoms with E-state index in [-0.39, 0.29) is 5.70 Å². The number of amides is 2. The summed E-state index contributed by atoms with van der Waals surface area (Å²) in [6.45, 7) is 5.00. The molecule has 0 atom stereocenters. The van der Waals surface area contributed by atoms with Gasteiger partial charge in [0.1, 0.15) is 5.70 Å². The first-order chi connectivity index (χ1) is 13.3. The van der Waals surface area contributed by atoms with Crippen molar-refractivity contribution >= 4 is 29.5 Å². The van der Waals surface area contributed by atoms with Crippen molar-refractivity contribution in [2.75, 3.05) is 11.9 Å². The normalized spacial score (nSPS) is 11.1. The van der Waals surface area contributed by atoms with Crippen molar-refractivity contribution in [1.29, 1.82) is 0 Å². The third-order valence-corrected chi connectivity index (χ3v) is 3.84. The van der Waals surface area contributed by atoms with Crippen LogP contribution in [-0.4, -0.2) is 24.4 Å². The Labute approximate surface area is 164 Å². The zero-order valence-corrected chi connectivity index (χ0v) is 16.2. The molecule has 0 fully saturated rings. The first kappa shape index (κ1) is 20.9. The van der Waals surface area contributed by atoms with Crippen LogP contribution in [-0.2, 0) is 19.1 Å². The summed E-state index contributed by atoms with van der Waals surface area (Å²) < 4.78 is 5.04. The van der Waals surface area contributed by atoms with Crippen molar-refractivity contribution in [2.24, 2.45) is 0 Å². The zero-order chi connectivity index (χ0) is 20.5. The second-order valence-corrected chi connectivity index (χ2v) is 6.55. The standard InChI is InChI=1S/C22H24N2O4/c1-15(2)18-9-11-19(12-10-18)24-21(26)14-28-22(27)20(23-16(3)25)13-17-7-5-4-6-8-17/h4-13,15H,14H2,1-3H3,(H,23,25)(H,24,26)/b20-13-. The Morgan fingerprint density at radius 1 is 1.00 bits per heavy atom. The van der Waals surface area contributed by atoms with Crippen LogP contribution >= 0.6 is 0 Å². The molecular weight excluding hydrogens is 356 g/mol. The van der Waals surface area contributed by atoms with Crippen LogP contribution in [0, 0.1) is 0 Å². The lowest BCUT2D eigenvalue weighted by Crippen LogP contribution is -2.28. The molecule has 0 aliphatic carbocycles. The Hall–Kier alpha value is -3.41. The molecule has 6 heteroatoms. The summed E-state index contributed by atoms with van der Waals surface area (Å²) in [7, 11) is 0. The summed E-state index contributed by atoms with van der Waals surface area (Å²) >= 11 is 0. The average molecular weight is 380 g/mol. The van der Waals surface area contributed by atoms with Gasteiger partial charge in [0, 0.05) is 12.6 Å². The van der Waals surface area contributed by atoms with Gasteiger partial charge in [0.05, 0.1) is 0 Å². The van der Waals surface area contributed by atoms with Crippen LogP contribution in [0.25, 0.3) is 6.08 Å². The highest BCUT2D eigenvalue weighted by Crippen LogP contribution is 2.17. The molecule has 0 bridgehead atoms. The topological polar surface area (TPSA) is 84.5 Å². The molecule has 146 valence electrons. The first-order valence-electron chi connectivity index (χ1n) is 8.96. The first-order valence-corrected chi connectivity index (χ1v) is 8.96. The minimum Gasteiger partial charge on any atom is -0.451 e. The lowest BCUT2D eigenvalue weighted by atomic mass is 10.0. The third-order valence-electron chi connectivity index (χ3n) is 3.84. The molecule has 6 nitrogen and oxygen atoms in total. The smallest absolute Gasteiger partial charge is 0.355 e. The van der Waals surface area contributed by atoms with Gasteiger partial charge in [-0.05, 0) is 35.3 Å². The Kier molecular flexibility index (Phi) is 7.51. The van der Waals surface area contributed by atoms with E-state index in [2.05, 4.69) is 24.5 Å². The summed E-state index contributed by atoms with van der Waals surface area (Å²) in [4.78, 5) is 35.7. The predicted molar refractivity (Wildman–Crippen MR) is 108 cm³/mol. The van der Waals surface area contributed by atoms with Gasteiger partial charge in [-0.15, -0.1) is 0 Å². The Bertz CT molecular complexity index is 856. The molecule has 2 aromatic rings. The van der Waals surface area contributed by atoms with Gasteiger partial charge in [-0.3, -0.25) is 9.59 Å². The molecule has 0 saturated carbocycles. The molecule has 2 amide bonds. The Balaban J connectivity index is 1.96. The number of esters is 1. The van der Waals surface area contributed by atoms with E-state index in [0.717, 1.165) is 11.1 Å². The minimum absolute atomic E-state index is 0.0345. The highest BCUT2D eigenvalue weighted by atomic mass is 16.5. The molecule has 0 heterocycles. The molecule has 0 saturated heterocycles. The van der Waals surface area contributed by atoms with Crippen molar-refractivity contribution < 1.29 is 19.1 Å². The van der Waals surface area contributed by atoms with Gasteiger partial charge in [0.15, 0.2) is 6.61 Å². The fraction of sp³-hybridized carbons (Fsp3) is 0.227. The molecule has 2 rings (SSSR count). The van der Waals surface area contributed by atoms with Gasteiger partial charge in [0.2, 0.25) is 5.91 Å². The third kappa shape index (κ3) is 6.72. The molecule has 0 radical (unpaired) electrons. The second kappa shape index (κ2) is 10.1. The maximum atomic E-state index is 12.3. The lowest BCUT2D eigenvalue weighted by molar-refractivity contribution is -0.144. The molecule has 0 aliphatic heterocycles. The quantitative estimate of drug-likeness (QED) is 0.569. The van der Waals surface area contributed by atoms with E-state index < -0.39 is 24.4 Å². The van der Waals surface area contributed by atoms with E-state index in [4.69, 9.17) is 4.74 Å². The molecule has 0 aliphatic rings. The van der Waals surface area contributed by atoms with Gasteiger partial charge in [-0.25, -0.2) is 4.79 Å². The fourth-order valence-corrected chi connectivity index (χ4v) is 2.41. The lowest BCUT2D eigenvalue weighted by Gasteiger charge is -2.10. The molecule has 0 spiro atoms. The van der Waals surface area contributed by atoms with Crippen LogP contribution in [0.2, 0.25) is 0 Å². The highest BCUT2D eigenvalue weighted by molar-refractivity contribution is 5.99. The fourth-order valence-electron chi connectivity index (χ4n) is 2.41. The maximum absolute atomic E-state index is 12.3. The van der Waals surface area contributed by atoms with Crippen molar-refractivity contribution in [3.8, 4) is 0 Å². The van der Waals surface area contributed by atoms with E-state index in [1.165, 1.54) is 13.0 Å². The van der Waals surface area contributed by atoms with Crippen LogP contribution in [0.3, 0.4) is 0 Å². The van der Waals surface area contributed by atoms with Gasteiger partial charge in [-0.2, -0.15) is 0 Å². The minimum atomic E-state index is -0.788. The highest BCUT2D eigenvalue weighted by Gasteiger charge is 2.15. The number of rotatable bonds is 7. The number of nitrogens with one attached hydrogen (secondary N) is 2. The summed E-state index contributed by atoms with van der Waals surface area (Å²) in [5.74, 6) is -1.26. The number of benzene rings is 2. The van der Waals surface area contributed by atoms with Crippen molar-refractivity contribution in [3.05, 3.63) is 71.4 Å². The monoisotopic (exact) mass is 380 g/mol. The SMILES string of the molecule is CC(=O)N/C(=C\c1ccccc1)C(=O)OCC(=O)Nc1ccc(C(C)C)cc1.